The highest BCUT2D eigenvalue weighted by atomic mass is 31.1. The van der Waals surface area contributed by atoms with Crippen LogP contribution in [0.2, 0.25) is 0 Å². The Balaban J connectivity index is 1.42. The number of aromatic nitrogens is 3. The smallest absolute Gasteiger partial charge is 0.256 e. The molecule has 1 aromatic carbocycles. The highest BCUT2D eigenvalue weighted by Crippen LogP contribution is 2.52. The summed E-state index contributed by atoms with van der Waals surface area (Å²) in [6.07, 6.45) is 1.77. The Kier molecular flexibility index (Phi) is 5.85. The van der Waals surface area contributed by atoms with E-state index in [2.05, 4.69) is 10.3 Å². The van der Waals surface area contributed by atoms with E-state index in [1.165, 1.54) is 6.07 Å². The van der Waals surface area contributed by atoms with Crippen LogP contribution in [0.15, 0.2) is 48.8 Å². The second-order valence-corrected chi connectivity index (χ2v) is 12.8. The van der Waals surface area contributed by atoms with Crippen LogP contribution in [0, 0.1) is 5.82 Å². The quantitative estimate of drug-likeness (QED) is 0.275. The van der Waals surface area contributed by atoms with Gasteiger partial charge in [-0.3, -0.25) is 4.98 Å². The Labute approximate surface area is 221 Å². The van der Waals surface area contributed by atoms with Crippen molar-refractivity contribution in [3.05, 3.63) is 77.3 Å². The molecule has 0 fully saturated rings. The second kappa shape index (κ2) is 8.78. The lowest BCUT2D eigenvalue weighted by molar-refractivity contribution is -0.119. The van der Waals surface area contributed by atoms with Crippen molar-refractivity contribution in [1.29, 1.82) is 0 Å². The van der Waals surface area contributed by atoms with Crippen LogP contribution in [0.4, 0.5) is 18.9 Å². The van der Waals surface area contributed by atoms with Crippen molar-refractivity contribution in [3.63, 3.8) is 0 Å². The molecule has 1 aliphatic heterocycles. The first-order chi connectivity index (χ1) is 17.9. The Morgan fingerprint density at radius 3 is 2.61 bits per heavy atom. The number of alkyl halides is 2. The van der Waals surface area contributed by atoms with Crippen molar-refractivity contribution >= 4 is 25.2 Å². The van der Waals surface area contributed by atoms with Crippen molar-refractivity contribution in [2.75, 3.05) is 5.32 Å². The third-order valence-electron chi connectivity index (χ3n) is 7.21. The number of benzene rings is 1. The summed E-state index contributed by atoms with van der Waals surface area (Å²) in [5.74, 6) is -0.475. The zero-order chi connectivity index (χ0) is 27.0. The molecule has 2 aliphatic rings. The SMILES string of the molecule is CC(C)(C)OC(C)(C)c1ccc(-c2cn3c4c(nc3cc2F)C2CC4c3c(cccc3PC(F)F)N2)cn1. The Morgan fingerprint density at radius 2 is 1.92 bits per heavy atom. The summed E-state index contributed by atoms with van der Waals surface area (Å²) < 4.78 is 50.3. The maximum Gasteiger partial charge on any atom is 0.256 e. The fraction of sp³-hybridized carbons (Fsp3) is 0.379. The molecular weight excluding hydrogens is 508 g/mol. The molecule has 0 saturated heterocycles. The normalized spacial score (nSPS) is 18.9. The third-order valence-corrected chi connectivity index (χ3v) is 8.17. The Hall–Kier alpha value is -2.96. The number of ether oxygens (including phenoxy) is 1. The minimum Gasteiger partial charge on any atom is -0.376 e. The van der Waals surface area contributed by atoms with E-state index in [4.69, 9.17) is 9.72 Å². The van der Waals surface area contributed by atoms with E-state index in [-0.39, 0.29) is 23.4 Å². The van der Waals surface area contributed by atoms with E-state index < -0.39 is 20.3 Å². The van der Waals surface area contributed by atoms with Crippen LogP contribution in [0.5, 0.6) is 0 Å². The first-order valence-corrected chi connectivity index (χ1v) is 13.8. The molecular formula is C29H30F3N4OP. The standard InChI is InChI=1S/C29H30F3N4OP/c1-28(2,3)37-29(4,5)22-10-9-15(13-33-22)17-14-36-23(12-18(17)30)35-25-20-11-16(26(25)36)24-19(34-20)7-6-8-21(24)38-27(31)32/h6-10,12-14,16,20,27,34,38H,11H2,1-5H3. The molecule has 3 atom stereocenters. The Bertz CT molecular complexity index is 1540. The summed E-state index contributed by atoms with van der Waals surface area (Å²) in [5, 5.41) is 4.15. The maximum atomic E-state index is 15.4. The van der Waals surface area contributed by atoms with Crippen molar-refractivity contribution in [3.8, 4) is 11.1 Å². The van der Waals surface area contributed by atoms with Gasteiger partial charge in [0.15, 0.2) is 0 Å². The molecule has 5 nitrogen and oxygen atoms in total. The van der Waals surface area contributed by atoms with Gasteiger partial charge in [0.2, 0.25) is 0 Å². The van der Waals surface area contributed by atoms with Crippen LogP contribution in [0.25, 0.3) is 16.8 Å². The Morgan fingerprint density at radius 1 is 1.13 bits per heavy atom. The zero-order valence-corrected chi connectivity index (χ0v) is 22.9. The first kappa shape index (κ1) is 25.3. The number of hydrogen-bond donors (Lipinski definition) is 1. The molecule has 0 spiro atoms. The number of pyridine rings is 2. The minimum atomic E-state index is -2.41. The topological polar surface area (TPSA) is 51.5 Å². The average molecular weight is 539 g/mol. The highest BCUT2D eigenvalue weighted by molar-refractivity contribution is 7.47. The predicted octanol–water partition coefficient (Wildman–Crippen LogP) is 7.11. The molecule has 4 heterocycles. The van der Waals surface area contributed by atoms with Gasteiger partial charge < -0.3 is 14.5 Å². The number of halogens is 3. The molecule has 4 aromatic rings. The lowest BCUT2D eigenvalue weighted by Gasteiger charge is -2.33. The molecule has 9 heteroatoms. The van der Waals surface area contributed by atoms with Gasteiger partial charge in [0.1, 0.15) is 17.1 Å². The monoisotopic (exact) mass is 538 g/mol. The molecule has 198 valence electrons. The number of hydrogen-bond acceptors (Lipinski definition) is 4. The fourth-order valence-corrected chi connectivity index (χ4v) is 6.87. The third kappa shape index (κ3) is 4.28. The maximum absolute atomic E-state index is 15.4. The molecule has 3 aromatic heterocycles. The minimum absolute atomic E-state index is 0.0370. The molecule has 1 N–H and O–H groups in total. The van der Waals surface area contributed by atoms with E-state index in [0.29, 0.717) is 22.1 Å². The van der Waals surface area contributed by atoms with E-state index >= 15 is 4.39 Å². The van der Waals surface area contributed by atoms with Crippen LogP contribution in [0.3, 0.4) is 0 Å². The summed E-state index contributed by atoms with van der Waals surface area (Å²) in [5.41, 5.74) is 4.93. The summed E-state index contributed by atoms with van der Waals surface area (Å²) in [6, 6.07) is 10.7. The van der Waals surface area contributed by atoms with Crippen molar-refractivity contribution in [2.24, 2.45) is 0 Å². The molecule has 38 heavy (non-hydrogen) atoms. The average Bonchev–Trinajstić information content (AvgIpc) is 3.31. The molecule has 3 unspecified atom stereocenters. The number of fused-ring (bicyclic) bond motifs is 9. The van der Waals surface area contributed by atoms with Gasteiger partial charge >= 0.3 is 0 Å². The summed E-state index contributed by atoms with van der Waals surface area (Å²) >= 11 is 0. The van der Waals surface area contributed by atoms with Gasteiger partial charge in [0.05, 0.1) is 28.7 Å². The molecule has 2 bridgehead atoms. The van der Waals surface area contributed by atoms with E-state index in [1.807, 2.05) is 63.3 Å². The van der Waals surface area contributed by atoms with Crippen LogP contribution in [-0.2, 0) is 10.3 Å². The van der Waals surface area contributed by atoms with Gasteiger partial charge in [0, 0.05) is 41.2 Å². The lowest BCUT2D eigenvalue weighted by atomic mass is 9.91. The predicted molar refractivity (Wildman–Crippen MR) is 145 cm³/mol. The van der Waals surface area contributed by atoms with Gasteiger partial charge in [-0.15, -0.1) is 0 Å². The van der Waals surface area contributed by atoms with Gasteiger partial charge in [0.25, 0.3) is 6.17 Å². The largest absolute Gasteiger partial charge is 0.376 e. The lowest BCUT2D eigenvalue weighted by Crippen LogP contribution is -2.33. The molecule has 1 aliphatic carbocycles. The van der Waals surface area contributed by atoms with Crippen molar-refractivity contribution in [2.45, 2.75) is 70.4 Å². The number of nitrogens with one attached hydrogen (secondary N) is 1. The van der Waals surface area contributed by atoms with E-state index in [1.54, 1.807) is 18.5 Å². The number of nitrogens with zero attached hydrogens (tertiary/aromatic N) is 3. The molecule has 0 amide bonds. The summed E-state index contributed by atoms with van der Waals surface area (Å²) in [7, 11) is -0.587. The molecule has 6 rings (SSSR count). The van der Waals surface area contributed by atoms with E-state index in [0.717, 1.165) is 34.8 Å². The van der Waals surface area contributed by atoms with Crippen molar-refractivity contribution in [1.82, 2.24) is 14.4 Å². The van der Waals surface area contributed by atoms with Gasteiger partial charge in [-0.1, -0.05) is 18.2 Å². The van der Waals surface area contributed by atoms with Crippen LogP contribution >= 0.6 is 8.58 Å². The van der Waals surface area contributed by atoms with Gasteiger partial charge in [-0.25, -0.2) is 18.2 Å². The van der Waals surface area contributed by atoms with Crippen LogP contribution in [-0.4, -0.2) is 26.1 Å². The van der Waals surface area contributed by atoms with Gasteiger partial charge in [-0.2, -0.15) is 0 Å². The first-order valence-electron chi connectivity index (χ1n) is 12.7. The summed E-state index contributed by atoms with van der Waals surface area (Å²) in [4.78, 5) is 9.39. The summed E-state index contributed by atoms with van der Waals surface area (Å²) in [6.45, 7) is 9.92. The highest BCUT2D eigenvalue weighted by Gasteiger charge is 2.42. The van der Waals surface area contributed by atoms with Crippen LogP contribution in [0.1, 0.15) is 75.6 Å². The number of rotatable bonds is 5. The molecule has 0 saturated carbocycles. The number of anilines is 1. The van der Waals surface area contributed by atoms with Crippen molar-refractivity contribution < 1.29 is 17.9 Å². The van der Waals surface area contributed by atoms with Crippen LogP contribution < -0.4 is 10.6 Å². The second-order valence-electron chi connectivity index (χ2n) is 11.5. The van der Waals surface area contributed by atoms with Gasteiger partial charge in [-0.05, 0) is 72.6 Å². The van der Waals surface area contributed by atoms with E-state index in [9.17, 15) is 8.78 Å². The zero-order valence-electron chi connectivity index (χ0n) is 21.9. The fourth-order valence-electron chi connectivity index (χ4n) is 5.98. The number of imidazole rings is 1. The molecule has 0 radical (unpaired) electrons.